The molecule has 2 aromatic carbocycles. The molecule has 0 N–H and O–H groups in total. The third-order valence-corrected chi connectivity index (χ3v) is 5.80. The second-order valence-electron chi connectivity index (χ2n) is 7.85. The molecule has 1 fully saturated rings. The fourth-order valence-corrected chi connectivity index (χ4v) is 4.92. The molecule has 1 saturated heterocycles. The smallest absolute Gasteiger partial charge is 0.220 e. The van der Waals surface area contributed by atoms with Gasteiger partial charge in [0.05, 0.1) is 6.04 Å². The highest BCUT2D eigenvalue weighted by Crippen LogP contribution is 2.51. The Morgan fingerprint density at radius 1 is 1.15 bits per heavy atom. The van der Waals surface area contributed by atoms with Crippen LogP contribution in [0.5, 0.6) is 0 Å². The van der Waals surface area contributed by atoms with Gasteiger partial charge in [-0.3, -0.25) is 4.79 Å². The molecule has 0 saturated carbocycles. The van der Waals surface area contributed by atoms with Crippen molar-refractivity contribution in [2.75, 3.05) is 20.6 Å². The summed E-state index contributed by atoms with van der Waals surface area (Å²) < 4.78 is 14.1. The molecule has 1 aliphatic heterocycles. The number of rotatable bonds is 2. The molecule has 3 atom stereocenters. The molecular formula is C22H25FN2O. The highest BCUT2D eigenvalue weighted by molar-refractivity contribution is 5.75. The van der Waals surface area contributed by atoms with Crippen molar-refractivity contribution >= 4 is 5.91 Å². The summed E-state index contributed by atoms with van der Waals surface area (Å²) in [4.78, 5) is 16.8. The van der Waals surface area contributed by atoms with Crippen LogP contribution in [0.25, 0.3) is 0 Å². The molecule has 4 heteroatoms. The van der Waals surface area contributed by atoms with E-state index in [1.807, 2.05) is 25.1 Å². The Hall–Kier alpha value is -2.20. The van der Waals surface area contributed by atoms with E-state index in [-0.39, 0.29) is 29.7 Å². The van der Waals surface area contributed by atoms with Crippen molar-refractivity contribution in [3.63, 3.8) is 0 Å². The van der Waals surface area contributed by atoms with Crippen LogP contribution in [-0.2, 0) is 11.2 Å². The molecule has 2 aromatic rings. The number of benzene rings is 2. The number of amides is 1. The number of hydrogen-bond donors (Lipinski definition) is 0. The third kappa shape index (κ3) is 2.82. The number of hydrogen-bond acceptors (Lipinski definition) is 2. The minimum Gasteiger partial charge on any atom is -0.331 e. The normalized spacial score (nSPS) is 24.0. The van der Waals surface area contributed by atoms with Gasteiger partial charge in [0.15, 0.2) is 0 Å². The average molecular weight is 352 g/mol. The summed E-state index contributed by atoms with van der Waals surface area (Å²) in [5.74, 6) is 0.0510. The quantitative estimate of drug-likeness (QED) is 0.822. The summed E-state index contributed by atoms with van der Waals surface area (Å²) in [6.45, 7) is 2.46. The zero-order valence-electron chi connectivity index (χ0n) is 15.6. The van der Waals surface area contributed by atoms with Crippen molar-refractivity contribution in [1.82, 2.24) is 9.80 Å². The van der Waals surface area contributed by atoms with Gasteiger partial charge in [-0.1, -0.05) is 30.3 Å². The van der Waals surface area contributed by atoms with Gasteiger partial charge >= 0.3 is 0 Å². The van der Waals surface area contributed by atoms with Crippen LogP contribution in [0, 0.1) is 5.82 Å². The summed E-state index contributed by atoms with van der Waals surface area (Å²) >= 11 is 0. The van der Waals surface area contributed by atoms with Crippen LogP contribution in [-0.4, -0.2) is 42.4 Å². The lowest BCUT2D eigenvalue weighted by molar-refractivity contribution is -0.132. The molecular weight excluding hydrogens is 327 g/mol. The molecule has 1 amide bonds. The summed E-state index contributed by atoms with van der Waals surface area (Å²) in [6, 6.07) is 13.6. The number of carbonyl (C=O) groups excluding carboxylic acids is 1. The van der Waals surface area contributed by atoms with Gasteiger partial charge in [-0.15, -0.1) is 0 Å². The summed E-state index contributed by atoms with van der Waals surface area (Å²) in [5.41, 5.74) is 4.70. The fraction of sp³-hybridized carbons (Fsp3) is 0.409. The maximum absolute atomic E-state index is 14.1. The fourth-order valence-electron chi connectivity index (χ4n) is 4.92. The number of fused-ring (bicyclic) bond motifs is 5. The second kappa shape index (κ2) is 6.51. The van der Waals surface area contributed by atoms with Crippen LogP contribution in [0.1, 0.15) is 47.6 Å². The number of likely N-dealkylation sites (tertiary alicyclic amines) is 1. The SMILES string of the molecule is CC(=O)N1[C@@H](CN(C)C)C[C@@H]2c3ccccc3Cc3ccc(F)cc3[C@H]21. The first-order chi connectivity index (χ1) is 12.5. The van der Waals surface area contributed by atoms with Crippen LogP contribution in [0.4, 0.5) is 4.39 Å². The topological polar surface area (TPSA) is 23.6 Å². The minimum absolute atomic E-state index is 0.0685. The molecule has 0 bridgehead atoms. The minimum atomic E-state index is -0.229. The lowest BCUT2D eigenvalue weighted by Gasteiger charge is -2.32. The van der Waals surface area contributed by atoms with Gasteiger partial charge in [0.25, 0.3) is 0 Å². The Morgan fingerprint density at radius 2 is 1.88 bits per heavy atom. The van der Waals surface area contributed by atoms with E-state index in [9.17, 15) is 9.18 Å². The standard InChI is InChI=1S/C22H25FN2O/c1-14(26)25-18(13-24(2)3)12-21-19-7-5-4-6-15(19)10-16-8-9-17(23)11-20(16)22(21)25/h4-9,11,18,21-22H,10,12-13H2,1-3H3/t18-,21-,22-/m1/s1. The number of carbonyl (C=O) groups is 1. The number of nitrogens with zero attached hydrogens (tertiary/aromatic N) is 2. The maximum Gasteiger partial charge on any atom is 0.220 e. The first-order valence-corrected chi connectivity index (χ1v) is 9.25. The van der Waals surface area contributed by atoms with E-state index >= 15 is 0 Å². The molecule has 136 valence electrons. The van der Waals surface area contributed by atoms with E-state index in [1.165, 1.54) is 17.2 Å². The van der Waals surface area contributed by atoms with Gasteiger partial charge in [-0.2, -0.15) is 0 Å². The van der Waals surface area contributed by atoms with Crippen molar-refractivity contribution in [2.24, 2.45) is 0 Å². The zero-order valence-corrected chi connectivity index (χ0v) is 15.6. The van der Waals surface area contributed by atoms with Crippen LogP contribution in [0.15, 0.2) is 42.5 Å². The number of halogens is 1. The summed E-state index contributed by atoms with van der Waals surface area (Å²) in [6.07, 6.45) is 1.71. The molecule has 0 spiro atoms. The van der Waals surface area contributed by atoms with Gasteiger partial charge in [-0.25, -0.2) is 4.39 Å². The van der Waals surface area contributed by atoms with E-state index in [2.05, 4.69) is 29.2 Å². The van der Waals surface area contributed by atoms with Gasteiger partial charge in [-0.05, 0) is 61.3 Å². The molecule has 26 heavy (non-hydrogen) atoms. The van der Waals surface area contributed by atoms with Crippen molar-refractivity contribution in [1.29, 1.82) is 0 Å². The number of likely N-dealkylation sites (N-methyl/N-ethyl adjacent to an activating group) is 1. The lowest BCUT2D eigenvalue weighted by Crippen LogP contribution is -2.41. The molecule has 1 aliphatic carbocycles. The molecule has 3 nitrogen and oxygen atoms in total. The molecule has 0 radical (unpaired) electrons. The van der Waals surface area contributed by atoms with Crippen molar-refractivity contribution in [3.8, 4) is 0 Å². The first kappa shape index (κ1) is 17.2. The molecule has 0 unspecified atom stereocenters. The van der Waals surface area contributed by atoms with Crippen molar-refractivity contribution in [3.05, 3.63) is 70.5 Å². The van der Waals surface area contributed by atoms with Crippen LogP contribution >= 0.6 is 0 Å². The first-order valence-electron chi connectivity index (χ1n) is 9.25. The molecule has 0 aromatic heterocycles. The highest BCUT2D eigenvalue weighted by atomic mass is 19.1. The molecule has 4 rings (SSSR count). The molecule has 2 aliphatic rings. The Morgan fingerprint density at radius 3 is 2.62 bits per heavy atom. The van der Waals surface area contributed by atoms with Crippen LogP contribution in [0.2, 0.25) is 0 Å². The van der Waals surface area contributed by atoms with Gasteiger partial charge in [0.2, 0.25) is 5.91 Å². The lowest BCUT2D eigenvalue weighted by atomic mass is 9.86. The Labute approximate surface area is 154 Å². The Balaban J connectivity index is 1.91. The molecule has 1 heterocycles. The van der Waals surface area contributed by atoms with Crippen molar-refractivity contribution in [2.45, 2.75) is 37.8 Å². The average Bonchev–Trinajstić information content (AvgIpc) is 2.89. The van der Waals surface area contributed by atoms with E-state index in [1.54, 1.807) is 13.0 Å². The zero-order chi connectivity index (χ0) is 18.4. The van der Waals surface area contributed by atoms with Crippen LogP contribution < -0.4 is 0 Å². The Bertz CT molecular complexity index is 848. The predicted octanol–water partition coefficient (Wildman–Crippen LogP) is 3.74. The van der Waals surface area contributed by atoms with Gasteiger partial charge < -0.3 is 9.80 Å². The predicted molar refractivity (Wildman–Crippen MR) is 101 cm³/mol. The van der Waals surface area contributed by atoms with Crippen molar-refractivity contribution < 1.29 is 9.18 Å². The summed E-state index contributed by atoms with van der Waals surface area (Å²) in [7, 11) is 4.07. The third-order valence-electron chi connectivity index (χ3n) is 5.80. The van der Waals surface area contributed by atoms with E-state index in [0.29, 0.717) is 0 Å². The van der Waals surface area contributed by atoms with E-state index in [0.717, 1.165) is 30.5 Å². The summed E-state index contributed by atoms with van der Waals surface area (Å²) in [5, 5.41) is 0. The maximum atomic E-state index is 14.1. The van der Waals surface area contributed by atoms with E-state index < -0.39 is 0 Å². The van der Waals surface area contributed by atoms with Crippen LogP contribution in [0.3, 0.4) is 0 Å². The van der Waals surface area contributed by atoms with E-state index in [4.69, 9.17) is 0 Å². The Kier molecular flexibility index (Phi) is 4.31. The van der Waals surface area contributed by atoms with Gasteiger partial charge in [0, 0.05) is 25.4 Å². The second-order valence-corrected chi connectivity index (χ2v) is 7.85. The highest BCUT2D eigenvalue weighted by Gasteiger charge is 2.46. The monoisotopic (exact) mass is 352 g/mol. The largest absolute Gasteiger partial charge is 0.331 e. The van der Waals surface area contributed by atoms with Gasteiger partial charge in [0.1, 0.15) is 5.82 Å².